The third-order valence-electron chi connectivity index (χ3n) is 3.28. The van der Waals surface area contributed by atoms with Crippen molar-refractivity contribution in [3.63, 3.8) is 0 Å². The maximum Gasteiger partial charge on any atom is 0.118 e. The monoisotopic (exact) mass is 304 g/mol. The molecule has 1 aromatic heterocycles. The van der Waals surface area contributed by atoms with E-state index in [1.165, 1.54) is 5.56 Å². The smallest absolute Gasteiger partial charge is 0.118 e. The van der Waals surface area contributed by atoms with Gasteiger partial charge in [-0.15, -0.1) is 0 Å². The van der Waals surface area contributed by atoms with Crippen LogP contribution in [0.1, 0.15) is 23.1 Å². The minimum Gasteiger partial charge on any atom is -0.464 e. The van der Waals surface area contributed by atoms with E-state index in [0.29, 0.717) is 6.04 Å². The van der Waals surface area contributed by atoms with Gasteiger partial charge >= 0.3 is 0 Å². The Bertz CT molecular complexity index is 525. The summed E-state index contributed by atoms with van der Waals surface area (Å²) in [7, 11) is 4.20. The lowest BCUT2D eigenvalue weighted by Crippen LogP contribution is -2.30. The molecule has 1 unspecified atom stereocenters. The van der Waals surface area contributed by atoms with Crippen molar-refractivity contribution in [2.45, 2.75) is 18.3 Å². The van der Waals surface area contributed by atoms with Gasteiger partial charge in [-0.2, -0.15) is 11.8 Å². The molecule has 1 N–H and O–H groups in total. The standard InChI is InChI=1S/C17H24N2OS/c1-19(2)12-17(14-7-5-4-6-8-14)18-11-15-9-10-16(20-15)13-21-3/h4-10,17-18H,11-13H2,1-3H3. The molecule has 0 amide bonds. The Hall–Kier alpha value is -1.23. The van der Waals surface area contributed by atoms with Crippen LogP contribution < -0.4 is 5.32 Å². The van der Waals surface area contributed by atoms with E-state index >= 15 is 0 Å². The number of nitrogens with zero attached hydrogens (tertiary/aromatic N) is 1. The largest absolute Gasteiger partial charge is 0.464 e. The minimum atomic E-state index is 0.301. The Balaban J connectivity index is 1.98. The first-order chi connectivity index (χ1) is 10.2. The van der Waals surface area contributed by atoms with Crippen LogP contribution in [0.4, 0.5) is 0 Å². The van der Waals surface area contributed by atoms with Gasteiger partial charge in [-0.1, -0.05) is 30.3 Å². The first kappa shape index (κ1) is 16.1. The van der Waals surface area contributed by atoms with Gasteiger partial charge < -0.3 is 14.6 Å². The van der Waals surface area contributed by atoms with Gasteiger partial charge in [0.15, 0.2) is 0 Å². The van der Waals surface area contributed by atoms with Crippen LogP contribution in [-0.2, 0) is 12.3 Å². The van der Waals surface area contributed by atoms with Gasteiger partial charge in [-0.05, 0) is 38.0 Å². The average molecular weight is 304 g/mol. The molecule has 0 radical (unpaired) electrons. The summed E-state index contributed by atoms with van der Waals surface area (Å²) in [5.74, 6) is 2.97. The SMILES string of the molecule is CSCc1ccc(CNC(CN(C)C)c2ccccc2)o1. The summed E-state index contributed by atoms with van der Waals surface area (Å²) in [6, 6.07) is 15.0. The van der Waals surface area contributed by atoms with Crippen molar-refractivity contribution in [2.75, 3.05) is 26.9 Å². The number of hydrogen-bond donors (Lipinski definition) is 1. The maximum absolute atomic E-state index is 5.82. The van der Waals surface area contributed by atoms with Crippen molar-refractivity contribution in [3.8, 4) is 0 Å². The average Bonchev–Trinajstić information content (AvgIpc) is 2.92. The van der Waals surface area contributed by atoms with Gasteiger partial charge in [0, 0.05) is 12.6 Å². The molecular formula is C17H24N2OS. The molecule has 1 aromatic carbocycles. The number of benzene rings is 1. The van der Waals surface area contributed by atoms with E-state index in [-0.39, 0.29) is 0 Å². The molecule has 4 heteroatoms. The Morgan fingerprint density at radius 3 is 2.48 bits per heavy atom. The molecule has 0 aliphatic carbocycles. The number of thioether (sulfide) groups is 1. The fourth-order valence-electron chi connectivity index (χ4n) is 2.30. The molecule has 0 saturated carbocycles. The van der Waals surface area contributed by atoms with Gasteiger partial charge in [0.1, 0.15) is 11.5 Å². The topological polar surface area (TPSA) is 28.4 Å². The van der Waals surface area contributed by atoms with E-state index in [2.05, 4.69) is 73.0 Å². The Morgan fingerprint density at radius 2 is 1.81 bits per heavy atom. The van der Waals surface area contributed by atoms with Crippen molar-refractivity contribution in [1.82, 2.24) is 10.2 Å². The molecule has 0 saturated heterocycles. The number of rotatable bonds is 8. The summed E-state index contributed by atoms with van der Waals surface area (Å²) in [6.07, 6.45) is 2.09. The predicted octanol–water partition coefficient (Wildman–Crippen LogP) is 3.54. The lowest BCUT2D eigenvalue weighted by Gasteiger charge is -2.22. The quantitative estimate of drug-likeness (QED) is 0.807. The molecule has 0 aliphatic heterocycles. The lowest BCUT2D eigenvalue weighted by atomic mass is 10.1. The van der Waals surface area contributed by atoms with Crippen LogP contribution in [0, 0.1) is 0 Å². The van der Waals surface area contributed by atoms with E-state index in [1.54, 1.807) is 11.8 Å². The van der Waals surface area contributed by atoms with Crippen LogP contribution >= 0.6 is 11.8 Å². The van der Waals surface area contributed by atoms with E-state index in [0.717, 1.165) is 30.4 Å². The van der Waals surface area contributed by atoms with Crippen molar-refractivity contribution in [1.29, 1.82) is 0 Å². The molecule has 1 heterocycles. The van der Waals surface area contributed by atoms with Crippen molar-refractivity contribution in [2.24, 2.45) is 0 Å². The number of likely N-dealkylation sites (N-methyl/N-ethyl adjacent to an activating group) is 1. The number of furan rings is 1. The summed E-state index contributed by atoms with van der Waals surface area (Å²) in [5.41, 5.74) is 1.31. The summed E-state index contributed by atoms with van der Waals surface area (Å²) in [5, 5.41) is 3.60. The third-order valence-corrected chi connectivity index (χ3v) is 3.85. The van der Waals surface area contributed by atoms with Crippen LogP contribution in [0.5, 0.6) is 0 Å². The Morgan fingerprint density at radius 1 is 1.10 bits per heavy atom. The maximum atomic E-state index is 5.82. The summed E-state index contributed by atoms with van der Waals surface area (Å²) >= 11 is 1.78. The van der Waals surface area contributed by atoms with E-state index in [9.17, 15) is 0 Å². The molecule has 0 fully saturated rings. The minimum absolute atomic E-state index is 0.301. The molecular weight excluding hydrogens is 280 g/mol. The molecule has 21 heavy (non-hydrogen) atoms. The molecule has 2 rings (SSSR count). The highest BCUT2D eigenvalue weighted by atomic mass is 32.2. The highest BCUT2D eigenvalue weighted by molar-refractivity contribution is 7.97. The normalized spacial score (nSPS) is 12.8. The zero-order chi connectivity index (χ0) is 15.1. The molecule has 3 nitrogen and oxygen atoms in total. The second-order valence-electron chi connectivity index (χ2n) is 5.41. The fraction of sp³-hybridized carbons (Fsp3) is 0.412. The highest BCUT2D eigenvalue weighted by Gasteiger charge is 2.12. The highest BCUT2D eigenvalue weighted by Crippen LogP contribution is 2.17. The van der Waals surface area contributed by atoms with Gasteiger partial charge in [0.2, 0.25) is 0 Å². The van der Waals surface area contributed by atoms with Gasteiger partial charge in [0.25, 0.3) is 0 Å². The first-order valence-electron chi connectivity index (χ1n) is 7.18. The zero-order valence-electron chi connectivity index (χ0n) is 13.0. The Labute approximate surface area is 131 Å². The number of nitrogens with one attached hydrogen (secondary N) is 1. The van der Waals surface area contributed by atoms with E-state index in [4.69, 9.17) is 4.42 Å². The van der Waals surface area contributed by atoms with Crippen LogP contribution in [0.3, 0.4) is 0 Å². The van der Waals surface area contributed by atoms with Gasteiger partial charge in [0.05, 0.1) is 12.3 Å². The van der Waals surface area contributed by atoms with Gasteiger partial charge in [-0.25, -0.2) is 0 Å². The third kappa shape index (κ3) is 5.23. The molecule has 2 aromatic rings. The fourth-order valence-corrected chi connectivity index (χ4v) is 2.74. The van der Waals surface area contributed by atoms with Crippen LogP contribution in [0.15, 0.2) is 46.9 Å². The van der Waals surface area contributed by atoms with Crippen LogP contribution in [0.2, 0.25) is 0 Å². The van der Waals surface area contributed by atoms with Crippen LogP contribution in [-0.4, -0.2) is 31.8 Å². The van der Waals surface area contributed by atoms with Crippen molar-refractivity contribution >= 4 is 11.8 Å². The molecule has 1 atom stereocenters. The summed E-state index contributed by atoms with van der Waals surface area (Å²) in [4.78, 5) is 2.20. The number of hydrogen-bond acceptors (Lipinski definition) is 4. The van der Waals surface area contributed by atoms with E-state index in [1.807, 2.05) is 0 Å². The predicted molar refractivity (Wildman–Crippen MR) is 90.5 cm³/mol. The molecule has 0 aliphatic rings. The second-order valence-corrected chi connectivity index (χ2v) is 6.27. The van der Waals surface area contributed by atoms with Crippen LogP contribution in [0.25, 0.3) is 0 Å². The first-order valence-corrected chi connectivity index (χ1v) is 8.58. The summed E-state index contributed by atoms with van der Waals surface area (Å²) in [6.45, 7) is 1.71. The molecule has 0 spiro atoms. The second kappa shape index (κ2) is 8.27. The molecule has 114 valence electrons. The molecule has 0 bridgehead atoms. The lowest BCUT2D eigenvalue weighted by molar-refractivity contribution is 0.331. The zero-order valence-corrected chi connectivity index (χ0v) is 13.8. The summed E-state index contributed by atoms with van der Waals surface area (Å²) < 4.78 is 5.82. The Kier molecular flexibility index (Phi) is 6.36. The van der Waals surface area contributed by atoms with Crippen molar-refractivity contribution in [3.05, 3.63) is 59.5 Å². The van der Waals surface area contributed by atoms with E-state index < -0.39 is 0 Å². The van der Waals surface area contributed by atoms with Crippen molar-refractivity contribution < 1.29 is 4.42 Å². The van der Waals surface area contributed by atoms with Gasteiger partial charge in [-0.3, -0.25) is 0 Å².